The Bertz CT molecular complexity index is 982. The SMILES string of the molecule is CC(=O)c1cc(C)c(OCCBr)c(C)c1.CC(=O)c1cc(C)c(OCCSC2CCCCC2)c(C)c1. The maximum absolute atomic E-state index is 11.5. The van der Waals surface area contributed by atoms with Crippen LogP contribution in [0.25, 0.3) is 0 Å². The van der Waals surface area contributed by atoms with E-state index in [9.17, 15) is 9.59 Å². The normalized spacial score (nSPS) is 13.5. The van der Waals surface area contributed by atoms with Crippen molar-refractivity contribution in [1.29, 1.82) is 0 Å². The van der Waals surface area contributed by atoms with Crippen molar-refractivity contribution >= 4 is 39.3 Å². The largest absolute Gasteiger partial charge is 0.492 e. The van der Waals surface area contributed by atoms with Crippen molar-refractivity contribution in [3.63, 3.8) is 0 Å². The average Bonchev–Trinajstić information content (AvgIpc) is 2.83. The van der Waals surface area contributed by atoms with Crippen LogP contribution in [0.5, 0.6) is 11.5 Å². The minimum absolute atomic E-state index is 0.0910. The smallest absolute Gasteiger partial charge is 0.159 e. The summed E-state index contributed by atoms with van der Waals surface area (Å²) in [5, 5.41) is 1.64. The van der Waals surface area contributed by atoms with E-state index >= 15 is 0 Å². The molecule has 0 aromatic heterocycles. The van der Waals surface area contributed by atoms with Crippen LogP contribution in [0, 0.1) is 27.7 Å². The van der Waals surface area contributed by atoms with Gasteiger partial charge in [0.1, 0.15) is 11.5 Å². The van der Waals surface area contributed by atoms with E-state index in [-0.39, 0.29) is 11.6 Å². The molecule has 1 fully saturated rings. The van der Waals surface area contributed by atoms with Crippen molar-refractivity contribution in [3.05, 3.63) is 57.6 Å². The lowest BCUT2D eigenvalue weighted by Gasteiger charge is -2.21. The highest BCUT2D eigenvalue weighted by Crippen LogP contribution is 2.29. The first-order valence-electron chi connectivity index (χ1n) is 12.8. The Balaban J connectivity index is 0.000000269. The number of aryl methyl sites for hydroxylation is 4. The molecule has 2 aromatic carbocycles. The number of Topliss-reactive ketones (excluding diaryl/α,β-unsaturated/α-hetero) is 2. The van der Waals surface area contributed by atoms with Gasteiger partial charge < -0.3 is 9.47 Å². The molecule has 0 unspecified atom stereocenters. The Labute approximate surface area is 230 Å². The molecule has 0 bridgehead atoms. The molecule has 0 radical (unpaired) electrons. The molecule has 0 amide bonds. The van der Waals surface area contributed by atoms with Crippen molar-refractivity contribution in [2.24, 2.45) is 0 Å². The van der Waals surface area contributed by atoms with Crippen molar-refractivity contribution in [2.75, 3.05) is 24.3 Å². The lowest BCUT2D eigenvalue weighted by molar-refractivity contribution is 0.100. The molecule has 0 heterocycles. The number of ketones is 2. The summed E-state index contributed by atoms with van der Waals surface area (Å²) in [6.07, 6.45) is 6.94. The lowest BCUT2D eigenvalue weighted by atomic mass is 10.0. The Morgan fingerprint density at radius 2 is 1.19 bits per heavy atom. The van der Waals surface area contributed by atoms with Crippen LogP contribution in [0.15, 0.2) is 24.3 Å². The van der Waals surface area contributed by atoms with Gasteiger partial charge >= 0.3 is 0 Å². The van der Waals surface area contributed by atoms with E-state index < -0.39 is 0 Å². The van der Waals surface area contributed by atoms with Crippen LogP contribution in [0.2, 0.25) is 0 Å². The van der Waals surface area contributed by atoms with Crippen LogP contribution in [0.1, 0.15) is 88.9 Å². The second kappa shape index (κ2) is 15.5. The van der Waals surface area contributed by atoms with Crippen molar-refractivity contribution in [3.8, 4) is 11.5 Å². The van der Waals surface area contributed by atoms with Gasteiger partial charge in [0, 0.05) is 27.5 Å². The number of rotatable bonds is 10. The van der Waals surface area contributed by atoms with Crippen molar-refractivity contribution in [2.45, 2.75) is 78.9 Å². The Hall–Kier alpha value is -1.79. The summed E-state index contributed by atoms with van der Waals surface area (Å²) in [4.78, 5) is 22.7. The van der Waals surface area contributed by atoms with Crippen LogP contribution in [0.3, 0.4) is 0 Å². The van der Waals surface area contributed by atoms with E-state index in [1.807, 2.05) is 52.0 Å². The highest BCUT2D eigenvalue weighted by molar-refractivity contribution is 9.09. The maximum Gasteiger partial charge on any atom is 0.159 e. The predicted octanol–water partition coefficient (Wildman–Crippen LogP) is 8.23. The molecule has 4 nitrogen and oxygen atoms in total. The van der Waals surface area contributed by atoms with E-state index in [4.69, 9.17) is 9.47 Å². The quantitative estimate of drug-likeness (QED) is 0.162. The molecule has 1 saturated carbocycles. The first kappa shape index (κ1) is 30.4. The van der Waals surface area contributed by atoms with Gasteiger partial charge in [-0.2, -0.15) is 11.8 Å². The number of hydrogen-bond acceptors (Lipinski definition) is 5. The minimum atomic E-state index is 0.0910. The molecule has 198 valence electrons. The standard InChI is InChI=1S/C18H26O2S.C12H15BrO2/c1-13-11-16(15(3)19)12-14(2)18(13)20-9-10-21-17-7-5-4-6-8-17;1-8-6-11(10(3)14)7-9(2)12(8)15-5-4-13/h11-12,17H,4-10H2,1-3H3;6-7H,4-5H2,1-3H3. The molecule has 2 aromatic rings. The van der Waals surface area contributed by atoms with E-state index in [0.717, 1.165) is 67.8 Å². The number of benzene rings is 2. The summed E-state index contributed by atoms with van der Waals surface area (Å²) in [7, 11) is 0. The molecular formula is C30H41BrO4S. The molecule has 0 spiro atoms. The molecule has 0 atom stereocenters. The molecule has 1 aliphatic carbocycles. The third kappa shape index (κ3) is 9.59. The maximum atomic E-state index is 11.5. The van der Waals surface area contributed by atoms with Gasteiger partial charge in [0.15, 0.2) is 11.6 Å². The fraction of sp³-hybridized carbons (Fsp3) is 0.533. The van der Waals surface area contributed by atoms with Crippen molar-refractivity contribution in [1.82, 2.24) is 0 Å². The number of alkyl halides is 1. The van der Waals surface area contributed by atoms with E-state index in [1.165, 1.54) is 32.1 Å². The third-order valence-electron chi connectivity index (χ3n) is 6.29. The number of thioether (sulfide) groups is 1. The van der Waals surface area contributed by atoms with E-state index in [1.54, 1.807) is 13.8 Å². The summed E-state index contributed by atoms with van der Waals surface area (Å²) in [6, 6.07) is 7.61. The average molecular weight is 578 g/mol. The number of halogens is 1. The minimum Gasteiger partial charge on any atom is -0.492 e. The van der Waals surface area contributed by atoms with Gasteiger partial charge in [-0.15, -0.1) is 0 Å². The molecule has 36 heavy (non-hydrogen) atoms. The lowest BCUT2D eigenvalue weighted by Crippen LogP contribution is -2.11. The van der Waals surface area contributed by atoms with E-state index in [2.05, 4.69) is 27.7 Å². The summed E-state index contributed by atoms with van der Waals surface area (Å²) in [5.41, 5.74) is 5.66. The van der Waals surface area contributed by atoms with Gasteiger partial charge in [-0.25, -0.2) is 0 Å². The van der Waals surface area contributed by atoms with Gasteiger partial charge in [-0.1, -0.05) is 35.2 Å². The number of carbonyl (C=O) groups is 2. The first-order valence-corrected chi connectivity index (χ1v) is 15.0. The van der Waals surface area contributed by atoms with Gasteiger partial charge in [0.2, 0.25) is 0 Å². The van der Waals surface area contributed by atoms with E-state index in [0.29, 0.717) is 6.61 Å². The summed E-state index contributed by atoms with van der Waals surface area (Å²) in [5.74, 6) is 3.09. The summed E-state index contributed by atoms with van der Waals surface area (Å²) >= 11 is 5.37. The summed E-state index contributed by atoms with van der Waals surface area (Å²) in [6.45, 7) is 12.5. The van der Waals surface area contributed by atoms with Crippen LogP contribution in [-0.2, 0) is 0 Å². The Kier molecular flexibility index (Phi) is 13.1. The van der Waals surface area contributed by atoms with Gasteiger partial charge in [-0.05, 0) is 101 Å². The second-order valence-electron chi connectivity index (χ2n) is 9.51. The molecule has 0 N–H and O–H groups in total. The van der Waals surface area contributed by atoms with Gasteiger partial charge in [0.25, 0.3) is 0 Å². The fourth-order valence-corrected chi connectivity index (χ4v) is 5.83. The fourth-order valence-electron chi connectivity index (χ4n) is 4.49. The van der Waals surface area contributed by atoms with Crippen LogP contribution in [-0.4, -0.2) is 41.1 Å². The van der Waals surface area contributed by atoms with Crippen molar-refractivity contribution < 1.29 is 19.1 Å². The van der Waals surface area contributed by atoms with Gasteiger partial charge in [0.05, 0.1) is 13.2 Å². The molecule has 0 aliphatic heterocycles. The highest BCUT2D eigenvalue weighted by Gasteiger charge is 2.14. The third-order valence-corrected chi connectivity index (χ3v) is 7.96. The Morgan fingerprint density at radius 1 is 0.778 bits per heavy atom. The topological polar surface area (TPSA) is 52.6 Å². The van der Waals surface area contributed by atoms with Crippen LogP contribution < -0.4 is 9.47 Å². The molecule has 1 aliphatic rings. The van der Waals surface area contributed by atoms with Gasteiger partial charge in [-0.3, -0.25) is 9.59 Å². The molecule has 6 heteroatoms. The first-order chi connectivity index (χ1) is 17.1. The van der Waals surface area contributed by atoms with Crippen LogP contribution >= 0.6 is 27.7 Å². The monoisotopic (exact) mass is 576 g/mol. The predicted molar refractivity (Wildman–Crippen MR) is 156 cm³/mol. The van der Waals surface area contributed by atoms with Crippen LogP contribution in [0.4, 0.5) is 0 Å². The summed E-state index contributed by atoms with van der Waals surface area (Å²) < 4.78 is 11.6. The zero-order chi connectivity index (χ0) is 26.7. The number of hydrogen-bond donors (Lipinski definition) is 0. The zero-order valence-electron chi connectivity index (χ0n) is 22.7. The molecular weight excluding hydrogens is 536 g/mol. The zero-order valence-corrected chi connectivity index (χ0v) is 25.1. The number of carbonyl (C=O) groups excluding carboxylic acids is 2. The highest BCUT2D eigenvalue weighted by atomic mass is 79.9. The molecule has 3 rings (SSSR count). The number of ether oxygens (including phenoxy) is 2. The molecule has 0 saturated heterocycles. The Morgan fingerprint density at radius 3 is 1.58 bits per heavy atom. The second-order valence-corrected chi connectivity index (χ2v) is 11.7.